The highest BCUT2D eigenvalue weighted by Crippen LogP contribution is 2.27. The molecule has 0 fully saturated rings. The zero-order valence-electron chi connectivity index (χ0n) is 15.1. The van der Waals surface area contributed by atoms with E-state index in [0.29, 0.717) is 11.3 Å². The number of benzene rings is 1. The van der Waals surface area contributed by atoms with Gasteiger partial charge in [-0.05, 0) is 49.2 Å². The van der Waals surface area contributed by atoms with Crippen molar-refractivity contribution in [3.05, 3.63) is 65.4 Å². The van der Waals surface area contributed by atoms with Gasteiger partial charge in [-0.2, -0.15) is 10.3 Å². The Morgan fingerprint density at radius 1 is 1.43 bits per heavy atom. The number of carbonyl (C=O) groups excluding carboxylic acids is 1. The van der Waals surface area contributed by atoms with E-state index in [9.17, 15) is 9.18 Å². The molecule has 0 spiro atoms. The minimum absolute atomic E-state index is 0.0608. The number of nitrogens with zero attached hydrogens (tertiary/aromatic N) is 3. The highest BCUT2D eigenvalue weighted by Gasteiger charge is 2.17. The minimum atomic E-state index is -0.602. The summed E-state index contributed by atoms with van der Waals surface area (Å²) in [5.41, 5.74) is 6.51. The summed E-state index contributed by atoms with van der Waals surface area (Å²) in [5.74, 6) is -0.142. The van der Waals surface area contributed by atoms with Crippen molar-refractivity contribution in [2.45, 2.75) is 19.8 Å². The van der Waals surface area contributed by atoms with Crippen LogP contribution in [0.25, 0.3) is 0 Å². The molecule has 1 heterocycles. The number of hydrogen-bond acceptors (Lipinski definition) is 5. The van der Waals surface area contributed by atoms with Crippen LogP contribution in [0, 0.1) is 23.1 Å². The summed E-state index contributed by atoms with van der Waals surface area (Å²) in [6.07, 6.45) is 5.11. The third-order valence-corrected chi connectivity index (χ3v) is 4.21. The number of aromatic nitrogens is 1. The van der Waals surface area contributed by atoms with Gasteiger partial charge in [0.15, 0.2) is 0 Å². The minimum Gasteiger partial charge on any atom is -0.431 e. The molecule has 1 aromatic heterocycles. The first-order chi connectivity index (χ1) is 13.5. The molecule has 142 valence electrons. The highest BCUT2D eigenvalue weighted by atomic mass is 19.1. The predicted molar refractivity (Wildman–Crippen MR) is 102 cm³/mol. The number of nitrogens with two attached hydrogens (primary N) is 1. The lowest BCUT2D eigenvalue weighted by Crippen LogP contribution is -2.17. The number of nitriles is 1. The summed E-state index contributed by atoms with van der Waals surface area (Å²) < 4.78 is 19.6. The summed E-state index contributed by atoms with van der Waals surface area (Å²) in [5, 5.41) is 11.4. The van der Waals surface area contributed by atoms with Crippen molar-refractivity contribution in [2.24, 2.45) is 16.6 Å². The maximum Gasteiger partial charge on any atom is 0.292 e. The fourth-order valence-electron chi connectivity index (χ4n) is 2.69. The number of ether oxygens (including phenoxy) is 1. The van der Waals surface area contributed by atoms with Crippen LogP contribution in [0.3, 0.4) is 0 Å². The van der Waals surface area contributed by atoms with Crippen molar-refractivity contribution in [1.29, 1.82) is 5.26 Å². The summed E-state index contributed by atoms with van der Waals surface area (Å²) in [6, 6.07) is 8.59. The van der Waals surface area contributed by atoms with Gasteiger partial charge in [0.05, 0.1) is 5.56 Å². The molecule has 0 aliphatic heterocycles. The van der Waals surface area contributed by atoms with Gasteiger partial charge in [0.1, 0.15) is 29.0 Å². The molecule has 7 nitrogen and oxygen atoms in total. The average Bonchev–Trinajstić information content (AvgIpc) is 3.09. The smallest absolute Gasteiger partial charge is 0.292 e. The van der Waals surface area contributed by atoms with Gasteiger partial charge >= 0.3 is 0 Å². The van der Waals surface area contributed by atoms with Crippen molar-refractivity contribution in [3.63, 3.8) is 0 Å². The van der Waals surface area contributed by atoms with Crippen LogP contribution >= 0.6 is 0 Å². The van der Waals surface area contributed by atoms with Crippen LogP contribution in [-0.2, 0) is 4.74 Å². The van der Waals surface area contributed by atoms with E-state index in [1.54, 1.807) is 0 Å². The van der Waals surface area contributed by atoms with E-state index in [2.05, 4.69) is 15.3 Å². The molecule has 3 rings (SSSR count). The van der Waals surface area contributed by atoms with Crippen LogP contribution in [-0.4, -0.2) is 16.9 Å². The maximum absolute atomic E-state index is 14.1. The zero-order valence-corrected chi connectivity index (χ0v) is 15.1. The number of hydrogen-bond donors (Lipinski definition) is 2. The Morgan fingerprint density at radius 3 is 2.89 bits per heavy atom. The molecule has 1 amide bonds. The van der Waals surface area contributed by atoms with E-state index in [1.807, 2.05) is 19.1 Å². The van der Waals surface area contributed by atoms with E-state index in [4.69, 9.17) is 15.7 Å². The number of nitrogens with one attached hydrogen (secondary N) is 1. The topological polar surface area (TPSA) is 113 Å². The quantitative estimate of drug-likeness (QED) is 0.622. The number of aliphatic imine (C=N–C) groups is 1. The molecule has 1 aliphatic rings. The monoisotopic (exact) mass is 379 g/mol. The first-order valence-electron chi connectivity index (χ1n) is 8.65. The fraction of sp³-hybridized carbons (Fsp3) is 0.200. The Labute approximate surface area is 161 Å². The Balaban J connectivity index is 1.74. The largest absolute Gasteiger partial charge is 0.431 e. The lowest BCUT2D eigenvalue weighted by molar-refractivity contribution is 0.102. The number of pyridine rings is 1. The molecule has 0 saturated carbocycles. The van der Waals surface area contributed by atoms with Gasteiger partial charge in [-0.15, -0.1) is 0 Å². The van der Waals surface area contributed by atoms with E-state index in [1.165, 1.54) is 36.5 Å². The van der Waals surface area contributed by atoms with E-state index < -0.39 is 11.7 Å². The van der Waals surface area contributed by atoms with Gasteiger partial charge < -0.3 is 15.8 Å². The average molecular weight is 379 g/mol. The number of rotatable bonds is 4. The second-order valence-corrected chi connectivity index (χ2v) is 6.30. The van der Waals surface area contributed by atoms with Crippen molar-refractivity contribution in [2.75, 3.05) is 5.32 Å². The molecule has 1 aliphatic carbocycles. The highest BCUT2D eigenvalue weighted by molar-refractivity contribution is 6.03. The van der Waals surface area contributed by atoms with Crippen molar-refractivity contribution in [1.82, 2.24) is 4.98 Å². The molecule has 8 heteroatoms. The van der Waals surface area contributed by atoms with Crippen molar-refractivity contribution < 1.29 is 13.9 Å². The van der Waals surface area contributed by atoms with Gasteiger partial charge in [0, 0.05) is 17.8 Å². The molecular weight excluding hydrogens is 361 g/mol. The summed E-state index contributed by atoms with van der Waals surface area (Å²) >= 11 is 0. The molecule has 2 aromatic rings. The number of amidine groups is 1. The number of amides is 1. The van der Waals surface area contributed by atoms with E-state index in [-0.39, 0.29) is 23.3 Å². The van der Waals surface area contributed by atoms with Crippen molar-refractivity contribution >= 4 is 23.3 Å². The first kappa shape index (κ1) is 19.0. The second-order valence-electron chi connectivity index (χ2n) is 6.30. The summed E-state index contributed by atoms with van der Waals surface area (Å²) in [4.78, 5) is 20.1. The number of anilines is 1. The SMILES string of the molecule is C[C@H]1CCC=C1O/C(N)=N\c1cc(NC(=O)c2ccc(C#N)cn2)ccc1F. The van der Waals surface area contributed by atoms with Crippen LogP contribution in [0.2, 0.25) is 0 Å². The third-order valence-electron chi connectivity index (χ3n) is 4.21. The second kappa shape index (κ2) is 8.31. The Hall–Kier alpha value is -3.73. The van der Waals surface area contributed by atoms with Crippen LogP contribution in [0.5, 0.6) is 0 Å². The number of allylic oxidation sites excluding steroid dienone is 2. The van der Waals surface area contributed by atoms with Gasteiger partial charge in [0.25, 0.3) is 11.9 Å². The Kier molecular flexibility index (Phi) is 5.65. The lowest BCUT2D eigenvalue weighted by Gasteiger charge is -2.11. The molecule has 0 radical (unpaired) electrons. The molecule has 0 unspecified atom stereocenters. The van der Waals surface area contributed by atoms with Crippen LogP contribution in [0.15, 0.2) is 53.4 Å². The summed E-state index contributed by atoms with van der Waals surface area (Å²) in [7, 11) is 0. The molecule has 28 heavy (non-hydrogen) atoms. The van der Waals surface area contributed by atoms with Gasteiger partial charge in [-0.1, -0.05) is 6.92 Å². The Morgan fingerprint density at radius 2 is 2.25 bits per heavy atom. The van der Waals surface area contributed by atoms with E-state index >= 15 is 0 Å². The molecule has 1 atom stereocenters. The zero-order chi connectivity index (χ0) is 20.1. The fourth-order valence-corrected chi connectivity index (χ4v) is 2.69. The van der Waals surface area contributed by atoms with Gasteiger partial charge in [0.2, 0.25) is 0 Å². The van der Waals surface area contributed by atoms with Crippen LogP contribution < -0.4 is 11.1 Å². The van der Waals surface area contributed by atoms with Crippen molar-refractivity contribution in [3.8, 4) is 6.07 Å². The van der Waals surface area contributed by atoms with Gasteiger partial charge in [-0.3, -0.25) is 4.79 Å². The third kappa shape index (κ3) is 4.51. The Bertz CT molecular complexity index is 993. The standard InChI is InChI=1S/C20H18FN5O2/c1-12-3-2-4-18(12)28-20(23)26-17-9-14(6-7-15(17)21)25-19(27)16-8-5-13(10-22)11-24-16/h4-9,11-12H,2-3H2,1H3,(H2,23,26)(H,25,27)/t12-/m0/s1. The molecule has 0 bridgehead atoms. The molecule has 0 saturated heterocycles. The van der Waals surface area contributed by atoms with Crippen LogP contribution in [0.1, 0.15) is 35.8 Å². The molecular formula is C20H18FN5O2. The van der Waals surface area contributed by atoms with Gasteiger partial charge in [-0.25, -0.2) is 9.37 Å². The molecule has 1 aromatic carbocycles. The van der Waals surface area contributed by atoms with Crippen LogP contribution in [0.4, 0.5) is 15.8 Å². The number of carbonyl (C=O) groups is 1. The summed E-state index contributed by atoms with van der Waals surface area (Å²) in [6.45, 7) is 2.01. The predicted octanol–water partition coefficient (Wildman–Crippen LogP) is 3.62. The molecule has 3 N–H and O–H groups in total. The lowest BCUT2D eigenvalue weighted by atomic mass is 10.1. The normalized spacial score (nSPS) is 16.2. The number of halogens is 1. The first-order valence-corrected chi connectivity index (χ1v) is 8.65. The maximum atomic E-state index is 14.1. The van der Waals surface area contributed by atoms with E-state index in [0.717, 1.165) is 18.6 Å².